The summed E-state index contributed by atoms with van der Waals surface area (Å²) in [6, 6.07) is 0. The van der Waals surface area contributed by atoms with E-state index in [0.29, 0.717) is 0 Å². The Morgan fingerprint density at radius 1 is 0.865 bits per heavy atom. The molecule has 2 unspecified atom stereocenters. The molecule has 0 saturated heterocycles. The van der Waals surface area contributed by atoms with Crippen molar-refractivity contribution in [3.8, 4) is 0 Å². The van der Waals surface area contributed by atoms with E-state index in [9.17, 15) is 46.5 Å². The number of rotatable bonds is 13. The quantitative estimate of drug-likeness (QED) is 0.125. The van der Waals surface area contributed by atoms with Crippen molar-refractivity contribution in [2.45, 2.75) is 67.4 Å². The molecule has 0 heterocycles. The van der Waals surface area contributed by atoms with Crippen molar-refractivity contribution in [2.24, 2.45) is 16.7 Å². The highest BCUT2D eigenvalue weighted by molar-refractivity contribution is 7.70. The molecule has 17 heteroatoms. The zero-order valence-electron chi connectivity index (χ0n) is 21.8. The smallest absolute Gasteiger partial charge is 0.424 e. The highest BCUT2D eigenvalue weighted by atomic mass is 31.2. The van der Waals surface area contributed by atoms with Crippen LogP contribution in [0.15, 0.2) is 0 Å². The first-order valence-corrected chi connectivity index (χ1v) is 14.6. The summed E-state index contributed by atoms with van der Waals surface area (Å²) in [5.41, 5.74) is -1.87. The Morgan fingerprint density at radius 2 is 1.30 bits per heavy atom. The topological polar surface area (TPSA) is 175 Å². The Balaban J connectivity index is 5.33. The van der Waals surface area contributed by atoms with E-state index in [4.69, 9.17) is 18.5 Å². The zero-order valence-corrected chi connectivity index (χ0v) is 23.6. The maximum atomic E-state index is 12.8. The molecule has 0 aromatic rings. The molecule has 0 radical (unpaired) electrons. The van der Waals surface area contributed by atoms with E-state index in [0.717, 1.165) is 0 Å². The van der Waals surface area contributed by atoms with Crippen molar-refractivity contribution < 1.29 is 65.0 Å². The molecule has 218 valence electrons. The van der Waals surface area contributed by atoms with Gasteiger partial charge in [-0.2, -0.15) is 13.2 Å². The van der Waals surface area contributed by atoms with Crippen LogP contribution >= 0.6 is 15.2 Å². The van der Waals surface area contributed by atoms with Gasteiger partial charge in [-0.15, -0.1) is 0 Å². The van der Waals surface area contributed by atoms with E-state index < -0.39 is 87.9 Å². The minimum atomic E-state index is -5.16. The average Bonchev–Trinajstić information content (AvgIpc) is 2.66. The van der Waals surface area contributed by atoms with Crippen LogP contribution in [0.2, 0.25) is 0 Å². The van der Waals surface area contributed by atoms with Crippen molar-refractivity contribution in [1.82, 2.24) is 5.32 Å². The third-order valence-electron chi connectivity index (χ3n) is 4.29. The van der Waals surface area contributed by atoms with Crippen molar-refractivity contribution in [3.05, 3.63) is 0 Å². The van der Waals surface area contributed by atoms with Crippen LogP contribution < -0.4 is 5.32 Å². The summed E-state index contributed by atoms with van der Waals surface area (Å²) >= 11 is 0. The fraction of sp³-hybridized carbons (Fsp3) is 0.850. The fourth-order valence-corrected chi connectivity index (χ4v) is 5.41. The van der Waals surface area contributed by atoms with Gasteiger partial charge < -0.3 is 33.6 Å². The number of hydrogen-bond acceptors (Lipinski definition) is 9. The van der Waals surface area contributed by atoms with Gasteiger partial charge in [-0.3, -0.25) is 23.5 Å². The van der Waals surface area contributed by atoms with E-state index in [1.807, 2.05) is 0 Å². The van der Waals surface area contributed by atoms with Crippen LogP contribution in [-0.4, -0.2) is 65.8 Å². The summed E-state index contributed by atoms with van der Waals surface area (Å²) in [6.07, 6.45) is -6.63. The molecule has 2 atom stereocenters. The minimum absolute atomic E-state index is 0.0984. The van der Waals surface area contributed by atoms with Crippen LogP contribution in [0.4, 0.5) is 13.2 Å². The molecule has 0 bridgehead atoms. The molecule has 0 aliphatic rings. The maximum Gasteiger partial charge on any atom is 0.471 e. The number of ether oxygens (including phenoxy) is 2. The predicted molar refractivity (Wildman–Crippen MR) is 124 cm³/mol. The molecule has 0 saturated carbocycles. The van der Waals surface area contributed by atoms with Crippen LogP contribution in [-0.2, 0) is 42.0 Å². The van der Waals surface area contributed by atoms with Crippen molar-refractivity contribution >= 4 is 33.0 Å². The third kappa shape index (κ3) is 14.9. The SMILES string of the molecule is CC(CCOP(=O)(CP(=O)(O)O)OCCNC(=O)C(F)(F)F)C(OC(=O)C(C)(C)C)OC(=O)C(C)(C)C. The normalized spacial score (nSPS) is 15.6. The first kappa shape index (κ1) is 35.5. The number of nitrogens with one attached hydrogen (secondary N) is 1. The molecule has 0 aromatic carbocycles. The van der Waals surface area contributed by atoms with E-state index >= 15 is 0 Å². The van der Waals surface area contributed by atoms with Crippen LogP contribution in [0, 0.1) is 16.7 Å². The molecule has 0 fully saturated rings. The van der Waals surface area contributed by atoms with E-state index in [1.54, 1.807) is 41.5 Å². The van der Waals surface area contributed by atoms with E-state index in [-0.39, 0.29) is 6.42 Å². The Labute approximate surface area is 213 Å². The molecule has 3 N–H and O–H groups in total. The summed E-state index contributed by atoms with van der Waals surface area (Å²) in [7, 11) is -9.51. The van der Waals surface area contributed by atoms with Gasteiger partial charge in [0.05, 0.1) is 24.0 Å². The van der Waals surface area contributed by atoms with Gasteiger partial charge in [0.2, 0.25) is 6.29 Å². The second kappa shape index (κ2) is 13.5. The molecule has 0 aliphatic carbocycles. The summed E-state index contributed by atoms with van der Waals surface area (Å²) in [5, 5.41) is 1.45. The molecule has 0 aliphatic heterocycles. The lowest BCUT2D eigenvalue weighted by Crippen LogP contribution is -2.38. The number of carbonyl (C=O) groups is 3. The highest BCUT2D eigenvalue weighted by Gasteiger charge is 2.39. The second-order valence-corrected chi connectivity index (χ2v) is 14.5. The number of halogens is 3. The lowest BCUT2D eigenvalue weighted by molar-refractivity contribution is -0.208. The molecule has 0 aromatic heterocycles. The van der Waals surface area contributed by atoms with Crippen LogP contribution in [0.3, 0.4) is 0 Å². The molecule has 0 spiro atoms. The van der Waals surface area contributed by atoms with Crippen molar-refractivity contribution in [1.29, 1.82) is 0 Å². The Morgan fingerprint density at radius 3 is 1.68 bits per heavy atom. The number of hydrogen-bond donors (Lipinski definition) is 3. The number of esters is 2. The minimum Gasteiger partial charge on any atom is -0.424 e. The van der Waals surface area contributed by atoms with Crippen LogP contribution in [0.25, 0.3) is 0 Å². The van der Waals surface area contributed by atoms with Gasteiger partial charge in [0.15, 0.2) is 5.90 Å². The fourth-order valence-electron chi connectivity index (χ4n) is 2.13. The second-order valence-electron chi connectivity index (χ2n) is 10.3. The molecule has 1 amide bonds. The molecule has 37 heavy (non-hydrogen) atoms. The first-order chi connectivity index (χ1) is 16.4. The van der Waals surface area contributed by atoms with Crippen LogP contribution in [0.1, 0.15) is 54.9 Å². The highest BCUT2D eigenvalue weighted by Crippen LogP contribution is 2.59. The number of carbonyl (C=O) groups excluding carboxylic acids is 3. The van der Waals surface area contributed by atoms with Gasteiger partial charge in [-0.1, -0.05) is 6.92 Å². The largest absolute Gasteiger partial charge is 0.471 e. The van der Waals surface area contributed by atoms with Crippen LogP contribution in [0.5, 0.6) is 0 Å². The third-order valence-corrected chi connectivity index (χ3v) is 8.30. The van der Waals surface area contributed by atoms with Gasteiger partial charge in [-0.05, 0) is 48.0 Å². The van der Waals surface area contributed by atoms with E-state index in [1.165, 1.54) is 12.2 Å². The Hall–Kier alpha value is -1.50. The number of amides is 1. The standard InChI is InChI=1S/C20H36F3NO11P2/c1-13(14(34-16(26)18(2,3)4)35-17(27)19(5,6)7)8-10-32-37(31,12-36(28,29)30)33-11-9-24-15(25)20(21,22)23/h13-14H,8-12H2,1-7H3,(H,24,25)(H2,28,29,30). The Kier molecular flexibility index (Phi) is 13.0. The lowest BCUT2D eigenvalue weighted by atomic mass is 9.96. The van der Waals surface area contributed by atoms with E-state index in [2.05, 4.69) is 0 Å². The summed E-state index contributed by atoms with van der Waals surface area (Å²) in [6.45, 7) is 8.96. The van der Waals surface area contributed by atoms with Crippen molar-refractivity contribution in [3.63, 3.8) is 0 Å². The average molecular weight is 585 g/mol. The zero-order chi connectivity index (χ0) is 29.5. The lowest BCUT2D eigenvalue weighted by Gasteiger charge is -2.29. The van der Waals surface area contributed by atoms with Gasteiger partial charge in [-0.25, -0.2) is 0 Å². The molecular weight excluding hydrogens is 549 g/mol. The monoisotopic (exact) mass is 585 g/mol. The summed E-state index contributed by atoms with van der Waals surface area (Å²) in [5.74, 6) is -5.75. The summed E-state index contributed by atoms with van der Waals surface area (Å²) < 4.78 is 81.4. The van der Waals surface area contributed by atoms with Crippen molar-refractivity contribution in [2.75, 3.05) is 25.7 Å². The van der Waals surface area contributed by atoms with Gasteiger partial charge >= 0.3 is 39.2 Å². The Bertz CT molecular complexity index is 863. The first-order valence-electron chi connectivity index (χ1n) is 11.1. The predicted octanol–water partition coefficient (Wildman–Crippen LogP) is 3.56. The van der Waals surface area contributed by atoms with Gasteiger partial charge in [0.25, 0.3) is 0 Å². The van der Waals surface area contributed by atoms with Gasteiger partial charge in [0.1, 0.15) is 0 Å². The summed E-state index contributed by atoms with van der Waals surface area (Å²) in [4.78, 5) is 53.9. The molecule has 12 nitrogen and oxygen atoms in total. The maximum absolute atomic E-state index is 12.8. The van der Waals surface area contributed by atoms with Gasteiger partial charge in [0, 0.05) is 12.5 Å². The molecular formula is C20H36F3NO11P2. The number of alkyl halides is 3. The molecule has 0 rings (SSSR count).